The quantitative estimate of drug-likeness (QED) is 0.631. The van der Waals surface area contributed by atoms with Crippen molar-refractivity contribution >= 4 is 31.6 Å². The number of carbonyl (C=O) groups excluding carboxylic acids is 1. The number of hydrogen-bond donors (Lipinski definition) is 1. The first-order valence-corrected chi connectivity index (χ1v) is 10.4. The molecule has 0 fully saturated rings. The maximum Gasteiger partial charge on any atom is 0.413 e. The van der Waals surface area contributed by atoms with Crippen molar-refractivity contribution in [3.05, 3.63) is 16.8 Å². The molecule has 1 heterocycles. The van der Waals surface area contributed by atoms with Crippen molar-refractivity contribution < 1.29 is 9.53 Å². The first-order chi connectivity index (χ1) is 9.46. The second-order valence-corrected chi connectivity index (χ2v) is 11.7. The molecule has 0 spiro atoms. The molecule has 0 aliphatic carbocycles. The van der Waals surface area contributed by atoms with Gasteiger partial charge in [0, 0.05) is 0 Å². The van der Waals surface area contributed by atoms with Gasteiger partial charge in [-0.15, -0.1) is 15.7 Å². The topological polar surface area (TPSA) is 64.1 Å². The molecular weight excluding hydrogens is 306 g/mol. The lowest BCUT2D eigenvalue weighted by Gasteiger charge is -2.19. The van der Waals surface area contributed by atoms with Gasteiger partial charge in [0.2, 0.25) is 0 Å². The van der Waals surface area contributed by atoms with Gasteiger partial charge >= 0.3 is 6.09 Å². The number of halogens is 1. The summed E-state index contributed by atoms with van der Waals surface area (Å²) in [5, 5.41) is 10.4. The molecule has 114 valence electrons. The van der Waals surface area contributed by atoms with E-state index in [1.807, 2.05) is 0 Å². The maximum absolute atomic E-state index is 11.8. The van der Waals surface area contributed by atoms with Crippen molar-refractivity contribution in [2.24, 2.45) is 0 Å². The summed E-state index contributed by atoms with van der Waals surface area (Å²) < 4.78 is 5.18. The maximum atomic E-state index is 11.8. The lowest BCUT2D eigenvalue weighted by molar-refractivity contribution is 0.0635. The van der Waals surface area contributed by atoms with E-state index < -0.39 is 19.8 Å². The SMILES string of the molecule is CC(C)(C)OC(=O)Nc1nnc(Cl)cc1C#C[Si](C)(C)C. The van der Waals surface area contributed by atoms with Crippen LogP contribution in [-0.4, -0.2) is 30.0 Å². The number of hydrogen-bond acceptors (Lipinski definition) is 4. The summed E-state index contributed by atoms with van der Waals surface area (Å²) in [6.45, 7) is 11.7. The molecule has 0 bridgehead atoms. The molecule has 0 aliphatic rings. The summed E-state index contributed by atoms with van der Waals surface area (Å²) in [5.74, 6) is 3.27. The van der Waals surface area contributed by atoms with E-state index in [4.69, 9.17) is 16.3 Å². The first kappa shape index (κ1) is 17.5. The highest BCUT2D eigenvalue weighted by Crippen LogP contribution is 2.16. The predicted octanol–water partition coefficient (Wildman–Crippen LogP) is 3.71. The Labute approximate surface area is 131 Å². The Morgan fingerprint density at radius 1 is 1.33 bits per heavy atom. The van der Waals surface area contributed by atoms with Gasteiger partial charge in [-0.3, -0.25) is 5.32 Å². The number of nitrogens with one attached hydrogen (secondary N) is 1. The number of nitrogens with zero attached hydrogens (tertiary/aromatic N) is 2. The van der Waals surface area contributed by atoms with Crippen LogP contribution in [0.4, 0.5) is 10.6 Å². The molecule has 1 aromatic rings. The molecule has 7 heteroatoms. The number of rotatable bonds is 1. The molecule has 5 nitrogen and oxygen atoms in total. The molecule has 0 atom stereocenters. The van der Waals surface area contributed by atoms with Gasteiger partial charge in [0.1, 0.15) is 13.7 Å². The van der Waals surface area contributed by atoms with Gasteiger partial charge in [-0.2, -0.15) is 0 Å². The zero-order chi connectivity index (χ0) is 16.3. The van der Waals surface area contributed by atoms with Gasteiger partial charge in [0.05, 0.1) is 5.56 Å². The standard InChI is InChI=1S/C14H20ClN3O2Si/c1-14(2,3)20-13(19)16-12-10(7-8-21(4,5)6)9-11(15)17-18-12/h9H,1-6H3,(H,16,18,19). The molecule has 0 unspecified atom stereocenters. The minimum Gasteiger partial charge on any atom is -0.444 e. The highest BCUT2D eigenvalue weighted by Gasteiger charge is 2.18. The van der Waals surface area contributed by atoms with E-state index >= 15 is 0 Å². The van der Waals surface area contributed by atoms with Crippen LogP contribution in [0.3, 0.4) is 0 Å². The molecule has 1 aromatic heterocycles. The van der Waals surface area contributed by atoms with Gasteiger partial charge in [-0.1, -0.05) is 37.2 Å². The third-order valence-electron chi connectivity index (χ3n) is 1.96. The number of anilines is 1. The van der Waals surface area contributed by atoms with Crippen molar-refractivity contribution in [1.82, 2.24) is 10.2 Å². The van der Waals surface area contributed by atoms with Crippen LogP contribution in [0.25, 0.3) is 0 Å². The Morgan fingerprint density at radius 2 is 1.95 bits per heavy atom. The highest BCUT2D eigenvalue weighted by atomic mass is 35.5. The van der Waals surface area contributed by atoms with Crippen LogP contribution in [0.2, 0.25) is 24.8 Å². The zero-order valence-electron chi connectivity index (χ0n) is 13.2. The van der Waals surface area contributed by atoms with E-state index in [0.29, 0.717) is 5.56 Å². The summed E-state index contributed by atoms with van der Waals surface area (Å²) in [5.41, 5.74) is 3.14. The van der Waals surface area contributed by atoms with E-state index in [1.54, 1.807) is 26.8 Å². The van der Waals surface area contributed by atoms with Gasteiger partial charge in [0.25, 0.3) is 0 Å². The fraction of sp³-hybridized carbons (Fsp3) is 0.500. The number of amides is 1. The molecule has 0 aliphatic heterocycles. The molecule has 0 saturated heterocycles. The van der Waals surface area contributed by atoms with Crippen LogP contribution < -0.4 is 5.32 Å². The normalized spacial score (nSPS) is 11.4. The predicted molar refractivity (Wildman–Crippen MR) is 87.1 cm³/mol. The second kappa shape index (κ2) is 6.46. The third kappa shape index (κ3) is 7.11. The van der Waals surface area contributed by atoms with Crippen molar-refractivity contribution in [3.8, 4) is 11.5 Å². The van der Waals surface area contributed by atoms with E-state index in [2.05, 4.69) is 46.6 Å². The molecule has 21 heavy (non-hydrogen) atoms. The van der Waals surface area contributed by atoms with Crippen molar-refractivity contribution in [1.29, 1.82) is 0 Å². The Kier molecular flexibility index (Phi) is 5.37. The van der Waals surface area contributed by atoms with Gasteiger partial charge < -0.3 is 4.74 Å². The fourth-order valence-corrected chi connectivity index (χ4v) is 1.87. The molecule has 1 rings (SSSR count). The summed E-state index contributed by atoms with van der Waals surface area (Å²) in [7, 11) is -1.55. The molecule has 1 amide bonds. The van der Waals surface area contributed by atoms with Gasteiger partial charge in [-0.25, -0.2) is 4.79 Å². The van der Waals surface area contributed by atoms with E-state index in [0.717, 1.165) is 0 Å². The van der Waals surface area contributed by atoms with E-state index in [-0.39, 0.29) is 11.0 Å². The van der Waals surface area contributed by atoms with Crippen LogP contribution >= 0.6 is 11.6 Å². The average molecular weight is 326 g/mol. The Hall–Kier alpha value is -1.58. The summed E-state index contributed by atoms with van der Waals surface area (Å²) in [6, 6.07) is 1.58. The Morgan fingerprint density at radius 3 is 2.48 bits per heavy atom. The van der Waals surface area contributed by atoms with Crippen LogP contribution in [0.1, 0.15) is 26.3 Å². The fourth-order valence-electron chi connectivity index (χ4n) is 1.21. The van der Waals surface area contributed by atoms with Crippen molar-refractivity contribution in [2.45, 2.75) is 46.0 Å². The summed E-state index contributed by atoms with van der Waals surface area (Å²) in [4.78, 5) is 11.8. The minimum atomic E-state index is -1.55. The van der Waals surface area contributed by atoms with Crippen molar-refractivity contribution in [3.63, 3.8) is 0 Å². The number of carbonyl (C=O) groups is 1. The van der Waals surface area contributed by atoms with Crippen molar-refractivity contribution in [2.75, 3.05) is 5.32 Å². The summed E-state index contributed by atoms with van der Waals surface area (Å²) >= 11 is 5.84. The molecule has 0 saturated carbocycles. The van der Waals surface area contributed by atoms with Gasteiger partial charge in [0.15, 0.2) is 11.0 Å². The number of aromatic nitrogens is 2. The van der Waals surface area contributed by atoms with Crippen LogP contribution in [0.15, 0.2) is 6.07 Å². The zero-order valence-corrected chi connectivity index (χ0v) is 14.9. The molecular formula is C14H20ClN3O2Si. The Bertz CT molecular complexity index is 595. The lowest BCUT2D eigenvalue weighted by atomic mass is 10.2. The van der Waals surface area contributed by atoms with E-state index in [9.17, 15) is 4.79 Å². The summed E-state index contributed by atoms with van der Waals surface area (Å²) in [6.07, 6.45) is -0.602. The lowest BCUT2D eigenvalue weighted by Crippen LogP contribution is -2.28. The minimum absolute atomic E-state index is 0.226. The van der Waals surface area contributed by atoms with Crippen LogP contribution in [0.5, 0.6) is 0 Å². The second-order valence-electron chi connectivity index (χ2n) is 6.56. The average Bonchev–Trinajstić information content (AvgIpc) is 2.26. The molecule has 0 radical (unpaired) electrons. The molecule has 0 aromatic carbocycles. The largest absolute Gasteiger partial charge is 0.444 e. The smallest absolute Gasteiger partial charge is 0.413 e. The van der Waals surface area contributed by atoms with E-state index in [1.165, 1.54) is 0 Å². The Balaban J connectivity index is 3.02. The number of ether oxygens (including phenoxy) is 1. The monoisotopic (exact) mass is 325 g/mol. The molecule has 1 N–H and O–H groups in total. The first-order valence-electron chi connectivity index (χ1n) is 6.53. The van der Waals surface area contributed by atoms with Crippen LogP contribution in [-0.2, 0) is 4.74 Å². The third-order valence-corrected chi connectivity index (χ3v) is 3.02. The highest BCUT2D eigenvalue weighted by molar-refractivity contribution is 6.83. The van der Waals surface area contributed by atoms with Gasteiger partial charge in [-0.05, 0) is 26.8 Å². The van der Waals surface area contributed by atoms with Crippen LogP contribution in [0, 0.1) is 11.5 Å².